The van der Waals surface area contributed by atoms with Crippen LogP contribution in [0.2, 0.25) is 5.02 Å². The van der Waals surface area contributed by atoms with Gasteiger partial charge in [-0.1, -0.05) is 47.1 Å². The number of hydrogen-bond acceptors (Lipinski definition) is 6. The van der Waals surface area contributed by atoms with E-state index in [1.54, 1.807) is 13.0 Å². The quantitative estimate of drug-likeness (QED) is 0.452. The van der Waals surface area contributed by atoms with E-state index in [0.29, 0.717) is 42.6 Å². The van der Waals surface area contributed by atoms with Crippen LogP contribution in [0.5, 0.6) is 0 Å². The molecule has 0 spiro atoms. The number of halogens is 1. The number of aromatic nitrogens is 2. The first-order valence-electron chi connectivity index (χ1n) is 12.7. The van der Waals surface area contributed by atoms with Crippen molar-refractivity contribution >= 4 is 27.5 Å². The predicted octanol–water partition coefficient (Wildman–Crippen LogP) is 4.58. The summed E-state index contributed by atoms with van der Waals surface area (Å²) in [5, 5.41) is 4.00. The van der Waals surface area contributed by atoms with Crippen molar-refractivity contribution in [3.05, 3.63) is 65.0 Å². The van der Waals surface area contributed by atoms with Crippen LogP contribution in [0.25, 0.3) is 11.4 Å². The maximum Gasteiger partial charge on any atom is 0.244 e. The van der Waals surface area contributed by atoms with Crippen molar-refractivity contribution in [2.45, 2.75) is 43.9 Å². The van der Waals surface area contributed by atoms with Gasteiger partial charge in [0.1, 0.15) is 4.90 Å². The van der Waals surface area contributed by atoms with Gasteiger partial charge in [0.15, 0.2) is 0 Å². The lowest BCUT2D eigenvalue weighted by atomic mass is 9.89. The first kappa shape index (κ1) is 25.9. The summed E-state index contributed by atoms with van der Waals surface area (Å²) in [7, 11) is -3.91. The second-order valence-electron chi connectivity index (χ2n) is 9.94. The van der Waals surface area contributed by atoms with Crippen LogP contribution in [-0.2, 0) is 21.2 Å². The highest BCUT2D eigenvalue weighted by Crippen LogP contribution is 2.32. The average Bonchev–Trinajstić information content (AvgIpc) is 3.36. The van der Waals surface area contributed by atoms with Crippen molar-refractivity contribution in [2.75, 3.05) is 26.2 Å². The molecule has 0 aliphatic carbocycles. The molecule has 10 heteroatoms. The summed E-state index contributed by atoms with van der Waals surface area (Å²) >= 11 is 6.34. The van der Waals surface area contributed by atoms with E-state index >= 15 is 0 Å². The average molecular weight is 543 g/mol. The highest BCUT2D eigenvalue weighted by atomic mass is 35.5. The highest BCUT2D eigenvalue weighted by Gasteiger charge is 2.37. The molecule has 1 atom stereocenters. The summed E-state index contributed by atoms with van der Waals surface area (Å²) in [6.45, 7) is 3.62. The van der Waals surface area contributed by atoms with Gasteiger partial charge in [-0.05, 0) is 61.8 Å². The molecule has 196 valence electrons. The number of piperidine rings is 2. The van der Waals surface area contributed by atoms with E-state index in [9.17, 15) is 13.2 Å². The van der Waals surface area contributed by atoms with E-state index in [1.165, 1.54) is 22.0 Å². The minimum Gasteiger partial charge on any atom is -0.342 e. The molecule has 1 aromatic heterocycles. The zero-order valence-corrected chi connectivity index (χ0v) is 22.4. The van der Waals surface area contributed by atoms with Crippen molar-refractivity contribution in [1.82, 2.24) is 19.3 Å². The summed E-state index contributed by atoms with van der Waals surface area (Å²) in [6.07, 6.45) is 4.27. The van der Waals surface area contributed by atoms with E-state index in [1.807, 2.05) is 11.0 Å². The molecule has 2 aliphatic rings. The zero-order chi connectivity index (χ0) is 26.0. The largest absolute Gasteiger partial charge is 0.342 e. The molecule has 3 aromatic rings. The van der Waals surface area contributed by atoms with Crippen LogP contribution in [0.15, 0.2) is 57.9 Å². The Morgan fingerprint density at radius 1 is 1.08 bits per heavy atom. The van der Waals surface area contributed by atoms with Crippen molar-refractivity contribution in [1.29, 1.82) is 0 Å². The van der Waals surface area contributed by atoms with Crippen LogP contribution in [0.1, 0.15) is 37.1 Å². The molecule has 5 rings (SSSR count). The second kappa shape index (κ2) is 10.9. The fourth-order valence-electron chi connectivity index (χ4n) is 5.32. The number of likely N-dealkylation sites (tertiary alicyclic amines) is 1. The van der Waals surface area contributed by atoms with Gasteiger partial charge in [-0.15, -0.1) is 0 Å². The van der Waals surface area contributed by atoms with Crippen LogP contribution < -0.4 is 0 Å². The molecule has 2 aliphatic heterocycles. The molecular weight excluding hydrogens is 512 g/mol. The van der Waals surface area contributed by atoms with Gasteiger partial charge in [0.05, 0.1) is 10.9 Å². The smallest absolute Gasteiger partial charge is 0.244 e. The fourth-order valence-corrected chi connectivity index (χ4v) is 7.35. The van der Waals surface area contributed by atoms with Gasteiger partial charge in [0, 0.05) is 38.7 Å². The molecule has 0 N–H and O–H groups in total. The molecule has 0 bridgehead atoms. The molecule has 8 nitrogen and oxygen atoms in total. The van der Waals surface area contributed by atoms with E-state index in [-0.39, 0.29) is 28.3 Å². The Bertz CT molecular complexity index is 1350. The van der Waals surface area contributed by atoms with Crippen molar-refractivity contribution in [2.24, 2.45) is 11.8 Å². The van der Waals surface area contributed by atoms with Crippen molar-refractivity contribution < 1.29 is 17.7 Å². The van der Waals surface area contributed by atoms with E-state index in [2.05, 4.69) is 34.4 Å². The first-order valence-corrected chi connectivity index (χ1v) is 14.6. The molecular formula is C27H31ClN4O4S. The fraction of sp³-hybridized carbons (Fsp3) is 0.444. The van der Waals surface area contributed by atoms with Gasteiger partial charge in [0.25, 0.3) is 0 Å². The number of sulfonamides is 1. The van der Waals surface area contributed by atoms with Crippen molar-refractivity contribution in [3.8, 4) is 11.4 Å². The van der Waals surface area contributed by atoms with E-state index in [4.69, 9.17) is 16.1 Å². The van der Waals surface area contributed by atoms with E-state index in [0.717, 1.165) is 32.4 Å². The SMILES string of the molecule is Cc1nc(-c2ccc(Cl)c(S(=O)(=O)N3CCC[C@@H](C(=O)N4CCC(Cc5ccccc5)CC4)C3)c2)no1. The number of rotatable bonds is 6. The lowest BCUT2D eigenvalue weighted by Gasteiger charge is -2.37. The number of carbonyl (C=O) groups excluding carboxylic acids is 1. The van der Waals surface area contributed by atoms with Gasteiger partial charge < -0.3 is 9.42 Å². The van der Waals surface area contributed by atoms with Gasteiger partial charge in [-0.25, -0.2) is 8.42 Å². The molecule has 2 saturated heterocycles. The third-order valence-corrected chi connectivity index (χ3v) is 9.71. The topological polar surface area (TPSA) is 96.6 Å². The Kier molecular flexibility index (Phi) is 7.65. The Morgan fingerprint density at radius 3 is 2.54 bits per heavy atom. The number of aryl methyl sites for hydroxylation is 1. The minimum absolute atomic E-state index is 0.0102. The third-order valence-electron chi connectivity index (χ3n) is 7.36. The lowest BCUT2D eigenvalue weighted by molar-refractivity contribution is -0.138. The van der Waals surface area contributed by atoms with Crippen LogP contribution in [0.4, 0.5) is 0 Å². The summed E-state index contributed by atoms with van der Waals surface area (Å²) in [6, 6.07) is 15.1. The molecule has 0 radical (unpaired) electrons. The Morgan fingerprint density at radius 2 is 1.84 bits per heavy atom. The normalized spacial score (nSPS) is 19.7. The van der Waals surface area contributed by atoms with Crippen LogP contribution in [0.3, 0.4) is 0 Å². The zero-order valence-electron chi connectivity index (χ0n) is 20.8. The van der Waals surface area contributed by atoms with E-state index < -0.39 is 10.0 Å². The predicted molar refractivity (Wildman–Crippen MR) is 140 cm³/mol. The number of carbonyl (C=O) groups is 1. The maximum atomic E-state index is 13.6. The Hall–Kier alpha value is -2.75. The standard InChI is InChI=1S/C27H31ClN4O4S/c1-19-29-26(30-36-19)22-9-10-24(28)25(17-22)37(34,35)32-13-5-8-23(18-32)27(33)31-14-11-21(12-15-31)16-20-6-3-2-4-7-20/h2-4,6-7,9-10,17,21,23H,5,8,11-16,18H2,1H3/t23-/m1/s1. The molecule has 1 amide bonds. The van der Waals surface area contributed by atoms with Crippen molar-refractivity contribution in [3.63, 3.8) is 0 Å². The molecule has 37 heavy (non-hydrogen) atoms. The molecule has 0 unspecified atom stereocenters. The van der Waals surface area contributed by atoms with Crippen LogP contribution in [0, 0.1) is 18.8 Å². The lowest BCUT2D eigenvalue weighted by Crippen LogP contribution is -2.48. The first-order chi connectivity index (χ1) is 17.8. The summed E-state index contributed by atoms with van der Waals surface area (Å²) in [4.78, 5) is 19.5. The number of hydrogen-bond donors (Lipinski definition) is 0. The highest BCUT2D eigenvalue weighted by molar-refractivity contribution is 7.89. The second-order valence-corrected chi connectivity index (χ2v) is 12.3. The Balaban J connectivity index is 1.24. The summed E-state index contributed by atoms with van der Waals surface area (Å²) in [5.74, 6) is 0.951. The molecule has 0 saturated carbocycles. The monoisotopic (exact) mass is 542 g/mol. The summed E-state index contributed by atoms with van der Waals surface area (Å²) in [5.41, 5.74) is 1.83. The molecule has 2 fully saturated rings. The number of nitrogens with zero attached hydrogens (tertiary/aromatic N) is 4. The van der Waals surface area contributed by atoms with Crippen LogP contribution >= 0.6 is 11.6 Å². The van der Waals surface area contributed by atoms with Gasteiger partial charge >= 0.3 is 0 Å². The van der Waals surface area contributed by atoms with Gasteiger partial charge in [-0.2, -0.15) is 9.29 Å². The minimum atomic E-state index is -3.91. The summed E-state index contributed by atoms with van der Waals surface area (Å²) < 4.78 is 33.6. The third kappa shape index (κ3) is 5.73. The van der Waals surface area contributed by atoms with Gasteiger partial charge in [-0.3, -0.25) is 4.79 Å². The number of benzene rings is 2. The van der Waals surface area contributed by atoms with Crippen LogP contribution in [-0.4, -0.2) is 59.8 Å². The van der Waals surface area contributed by atoms with Gasteiger partial charge in [0.2, 0.25) is 27.6 Å². The molecule has 3 heterocycles. The molecule has 2 aromatic carbocycles. The number of amides is 1. The Labute approximate surface area is 222 Å². The maximum absolute atomic E-state index is 13.6.